The van der Waals surface area contributed by atoms with Gasteiger partial charge in [0.25, 0.3) is 0 Å². The second-order valence-corrected chi connectivity index (χ2v) is 5.28. The van der Waals surface area contributed by atoms with E-state index in [0.717, 1.165) is 43.7 Å². The minimum Gasteiger partial charge on any atom is -0.366 e. The van der Waals surface area contributed by atoms with Crippen molar-refractivity contribution in [1.82, 2.24) is 4.90 Å². The van der Waals surface area contributed by atoms with Crippen molar-refractivity contribution in [2.75, 3.05) is 31.6 Å². The summed E-state index contributed by atoms with van der Waals surface area (Å²) in [5, 5.41) is 0. The molecule has 1 aromatic carbocycles. The van der Waals surface area contributed by atoms with Crippen molar-refractivity contribution in [3.05, 3.63) is 29.6 Å². The largest absolute Gasteiger partial charge is 0.366 e. The van der Waals surface area contributed by atoms with E-state index < -0.39 is 0 Å². The summed E-state index contributed by atoms with van der Waals surface area (Å²) in [5.74, 6) is -0.0872. The second-order valence-electron chi connectivity index (χ2n) is 5.28. The molecule has 0 spiro atoms. The van der Waals surface area contributed by atoms with E-state index in [-0.39, 0.29) is 5.82 Å². The highest BCUT2D eigenvalue weighted by atomic mass is 19.1. The average molecular weight is 280 g/mol. The van der Waals surface area contributed by atoms with Crippen LogP contribution in [0, 0.1) is 12.7 Å². The van der Waals surface area contributed by atoms with Crippen LogP contribution in [0.3, 0.4) is 0 Å². The molecule has 0 saturated carbocycles. The number of anilines is 1. The number of hydrogen-bond acceptors (Lipinski definition) is 2. The lowest BCUT2D eigenvalue weighted by atomic mass is 10.0. The Labute approximate surface area is 123 Å². The minimum atomic E-state index is -0.0872. The minimum absolute atomic E-state index is 0.0872. The maximum Gasteiger partial charge on any atom is 0.146 e. The maximum absolute atomic E-state index is 14.1. The molecule has 1 aliphatic heterocycles. The zero-order valence-corrected chi connectivity index (χ0v) is 13.6. The highest BCUT2D eigenvalue weighted by Crippen LogP contribution is 2.26. The molecule has 20 heavy (non-hydrogen) atoms. The molecule has 1 saturated heterocycles. The third kappa shape index (κ3) is 4.20. The first-order valence-electron chi connectivity index (χ1n) is 7.83. The summed E-state index contributed by atoms with van der Waals surface area (Å²) in [5.41, 5.74) is 1.74. The molecule has 0 N–H and O–H groups in total. The number of rotatable bonds is 3. The Balaban J connectivity index is 0.000000956. The molecule has 3 heteroatoms. The van der Waals surface area contributed by atoms with Gasteiger partial charge in [0.15, 0.2) is 0 Å². The van der Waals surface area contributed by atoms with Crippen molar-refractivity contribution in [2.24, 2.45) is 0 Å². The molecule has 0 aromatic heterocycles. The number of halogens is 1. The van der Waals surface area contributed by atoms with E-state index in [4.69, 9.17) is 0 Å². The van der Waals surface area contributed by atoms with Gasteiger partial charge >= 0.3 is 0 Å². The van der Waals surface area contributed by atoms with Crippen molar-refractivity contribution in [3.63, 3.8) is 0 Å². The number of hydrogen-bond donors (Lipinski definition) is 0. The van der Waals surface area contributed by atoms with E-state index in [1.54, 1.807) is 6.07 Å². The van der Waals surface area contributed by atoms with Crippen molar-refractivity contribution < 1.29 is 4.39 Å². The quantitative estimate of drug-likeness (QED) is 0.823. The number of aryl methyl sites for hydroxylation is 1. The van der Waals surface area contributed by atoms with E-state index in [9.17, 15) is 4.39 Å². The zero-order valence-electron chi connectivity index (χ0n) is 13.6. The molecule has 1 heterocycles. The molecule has 2 nitrogen and oxygen atoms in total. The fourth-order valence-electron chi connectivity index (χ4n) is 2.78. The third-order valence-electron chi connectivity index (χ3n) is 3.88. The molecule has 0 bridgehead atoms. The summed E-state index contributed by atoms with van der Waals surface area (Å²) in [6, 6.07) is 6.03. The molecule has 114 valence electrons. The molecule has 0 radical (unpaired) electrons. The molecular weight excluding hydrogens is 251 g/mol. The van der Waals surface area contributed by atoms with Gasteiger partial charge in [0.2, 0.25) is 0 Å². The van der Waals surface area contributed by atoms with E-state index in [0.29, 0.717) is 6.04 Å². The maximum atomic E-state index is 14.1. The van der Waals surface area contributed by atoms with Gasteiger partial charge in [-0.25, -0.2) is 4.39 Å². The van der Waals surface area contributed by atoms with Gasteiger partial charge in [-0.05, 0) is 64.5 Å². The van der Waals surface area contributed by atoms with Crippen LogP contribution in [0.15, 0.2) is 18.2 Å². The fraction of sp³-hybridized carbons (Fsp3) is 0.647. The Hall–Kier alpha value is -1.09. The Morgan fingerprint density at radius 1 is 1.25 bits per heavy atom. The van der Waals surface area contributed by atoms with Gasteiger partial charge in [0.05, 0.1) is 5.69 Å². The Morgan fingerprint density at radius 2 is 1.85 bits per heavy atom. The lowest BCUT2D eigenvalue weighted by Gasteiger charge is -2.38. The van der Waals surface area contributed by atoms with Crippen LogP contribution >= 0.6 is 0 Å². The van der Waals surface area contributed by atoms with Crippen LogP contribution in [-0.4, -0.2) is 37.6 Å². The molecule has 0 aliphatic carbocycles. The lowest BCUT2D eigenvalue weighted by molar-refractivity contribution is 0.250. The summed E-state index contributed by atoms with van der Waals surface area (Å²) in [6.45, 7) is 11.1. The van der Waals surface area contributed by atoms with E-state index >= 15 is 0 Å². The van der Waals surface area contributed by atoms with Gasteiger partial charge in [-0.2, -0.15) is 0 Å². The number of nitrogens with zero attached hydrogens (tertiary/aromatic N) is 2. The monoisotopic (exact) mass is 280 g/mol. The molecule has 0 amide bonds. The molecule has 0 atom stereocenters. The van der Waals surface area contributed by atoms with Crippen LogP contribution in [0.2, 0.25) is 0 Å². The Bertz CT molecular complexity index is 398. The summed E-state index contributed by atoms with van der Waals surface area (Å²) in [7, 11) is 2.15. The lowest BCUT2D eigenvalue weighted by Crippen LogP contribution is -2.44. The average Bonchev–Trinajstić information content (AvgIpc) is 2.46. The van der Waals surface area contributed by atoms with E-state index in [1.165, 1.54) is 0 Å². The molecular formula is C17H29FN2. The van der Waals surface area contributed by atoms with Gasteiger partial charge in [-0.15, -0.1) is 0 Å². The van der Waals surface area contributed by atoms with Gasteiger partial charge in [-0.1, -0.05) is 19.9 Å². The Morgan fingerprint density at radius 3 is 2.35 bits per heavy atom. The summed E-state index contributed by atoms with van der Waals surface area (Å²) < 4.78 is 14.1. The van der Waals surface area contributed by atoms with Crippen LogP contribution < -0.4 is 4.90 Å². The van der Waals surface area contributed by atoms with Gasteiger partial charge in [0.1, 0.15) is 5.82 Å². The van der Waals surface area contributed by atoms with Crippen molar-refractivity contribution in [3.8, 4) is 0 Å². The smallest absolute Gasteiger partial charge is 0.146 e. The molecule has 2 rings (SSSR count). The zero-order chi connectivity index (χ0) is 15.1. The summed E-state index contributed by atoms with van der Waals surface area (Å²) in [6.07, 6.45) is 2.25. The fourth-order valence-corrected chi connectivity index (χ4v) is 2.78. The van der Waals surface area contributed by atoms with Crippen molar-refractivity contribution in [2.45, 2.75) is 46.6 Å². The third-order valence-corrected chi connectivity index (χ3v) is 3.88. The number of piperidine rings is 1. The molecule has 0 unspecified atom stereocenters. The first kappa shape index (κ1) is 17.0. The normalized spacial score (nSPS) is 16.5. The topological polar surface area (TPSA) is 6.48 Å². The van der Waals surface area contributed by atoms with Crippen LogP contribution in [0.1, 0.15) is 39.2 Å². The summed E-state index contributed by atoms with van der Waals surface area (Å²) in [4.78, 5) is 4.57. The van der Waals surface area contributed by atoms with Gasteiger partial charge in [0, 0.05) is 12.6 Å². The SMILES string of the molecule is CC.CCN(c1ccc(C)cc1F)C1CCN(C)CC1. The highest BCUT2D eigenvalue weighted by molar-refractivity contribution is 5.50. The second kappa shape index (κ2) is 8.25. The molecule has 1 aromatic rings. The van der Waals surface area contributed by atoms with Crippen LogP contribution in [0.4, 0.5) is 10.1 Å². The van der Waals surface area contributed by atoms with Gasteiger partial charge in [-0.3, -0.25) is 0 Å². The number of likely N-dealkylation sites (tertiary alicyclic amines) is 1. The first-order valence-corrected chi connectivity index (χ1v) is 7.83. The standard InChI is InChI=1S/C15H23FN2.C2H6/c1-4-18(13-7-9-17(3)10-8-13)15-6-5-12(2)11-14(15)16;1-2/h5-6,11,13H,4,7-10H2,1-3H3;1-2H3. The predicted molar refractivity (Wildman–Crippen MR) is 86.0 cm³/mol. The van der Waals surface area contributed by atoms with Crippen LogP contribution in [0.25, 0.3) is 0 Å². The van der Waals surface area contributed by atoms with E-state index in [1.807, 2.05) is 32.9 Å². The Kier molecular flexibility index (Phi) is 7.00. The highest BCUT2D eigenvalue weighted by Gasteiger charge is 2.23. The summed E-state index contributed by atoms with van der Waals surface area (Å²) >= 11 is 0. The van der Waals surface area contributed by atoms with Crippen LogP contribution in [0.5, 0.6) is 0 Å². The molecule has 1 aliphatic rings. The first-order chi connectivity index (χ1) is 9.61. The van der Waals surface area contributed by atoms with Crippen molar-refractivity contribution >= 4 is 5.69 Å². The predicted octanol–water partition coefficient (Wildman–Crippen LogP) is 4.08. The van der Waals surface area contributed by atoms with E-state index in [2.05, 4.69) is 23.8 Å². The molecule has 1 fully saturated rings. The van der Waals surface area contributed by atoms with Crippen LogP contribution in [-0.2, 0) is 0 Å². The van der Waals surface area contributed by atoms with Crippen molar-refractivity contribution in [1.29, 1.82) is 0 Å². The van der Waals surface area contributed by atoms with Gasteiger partial charge < -0.3 is 9.80 Å². The number of benzene rings is 1.